The largest absolute Gasteiger partial charge is 0.361 e. The Morgan fingerprint density at radius 2 is 1.81 bits per heavy atom. The fraction of sp³-hybridized carbons (Fsp3) is 0.381. The fourth-order valence-corrected chi connectivity index (χ4v) is 3.27. The predicted octanol–water partition coefficient (Wildman–Crippen LogP) is 3.40. The van der Waals surface area contributed by atoms with Gasteiger partial charge in [-0.05, 0) is 39.7 Å². The highest BCUT2D eigenvalue weighted by Crippen LogP contribution is 2.16. The molecule has 0 saturated carbocycles. The average molecular weight is 366 g/mol. The van der Waals surface area contributed by atoms with Crippen LogP contribution in [0, 0.1) is 27.7 Å². The molecule has 142 valence electrons. The number of aromatic nitrogens is 3. The topological polar surface area (TPSA) is 73.0 Å². The number of benzene rings is 1. The van der Waals surface area contributed by atoms with Crippen molar-refractivity contribution in [3.63, 3.8) is 0 Å². The van der Waals surface area contributed by atoms with Crippen LogP contribution in [0.3, 0.4) is 0 Å². The van der Waals surface area contributed by atoms with Crippen LogP contribution in [0.25, 0.3) is 0 Å². The summed E-state index contributed by atoms with van der Waals surface area (Å²) in [5.74, 6) is 0.804. The second kappa shape index (κ2) is 8.20. The number of nitrogens with zero attached hydrogens (tertiary/aromatic N) is 3. The average Bonchev–Trinajstić information content (AvgIpc) is 3.11. The number of hydrogen-bond donors (Lipinski definition) is 1. The molecule has 2 aromatic heterocycles. The van der Waals surface area contributed by atoms with Crippen molar-refractivity contribution in [2.75, 3.05) is 0 Å². The molecule has 0 radical (unpaired) electrons. The number of nitrogens with one attached hydrogen (secondary N) is 1. The maximum Gasteiger partial charge on any atom is 0.220 e. The summed E-state index contributed by atoms with van der Waals surface area (Å²) < 4.78 is 7.14. The first-order valence-corrected chi connectivity index (χ1v) is 9.21. The quantitative estimate of drug-likeness (QED) is 0.695. The van der Waals surface area contributed by atoms with Crippen LogP contribution in [0.2, 0.25) is 0 Å². The number of carbonyl (C=O) groups excluding carboxylic acids is 1. The summed E-state index contributed by atoms with van der Waals surface area (Å²) in [6, 6.07) is 10.2. The molecular weight excluding hydrogens is 340 g/mol. The number of amides is 1. The van der Waals surface area contributed by atoms with Crippen molar-refractivity contribution in [1.82, 2.24) is 20.3 Å². The first-order chi connectivity index (χ1) is 13.0. The van der Waals surface area contributed by atoms with Gasteiger partial charge in [-0.1, -0.05) is 35.5 Å². The lowest BCUT2D eigenvalue weighted by Crippen LogP contribution is -2.23. The molecule has 0 saturated heterocycles. The SMILES string of the molecule is Cc1noc(C)c1CCC(=O)NCc1c(C)nn(Cc2ccccc2)c1C. The minimum atomic E-state index is 0.0182. The number of hydrogen-bond acceptors (Lipinski definition) is 4. The molecule has 1 aromatic carbocycles. The molecule has 1 amide bonds. The van der Waals surface area contributed by atoms with Crippen molar-refractivity contribution >= 4 is 5.91 Å². The number of rotatable bonds is 7. The molecule has 0 aliphatic carbocycles. The first kappa shape index (κ1) is 18.9. The van der Waals surface area contributed by atoms with Gasteiger partial charge in [0, 0.05) is 29.8 Å². The third-order valence-electron chi connectivity index (χ3n) is 4.95. The van der Waals surface area contributed by atoms with Gasteiger partial charge in [0.15, 0.2) is 0 Å². The van der Waals surface area contributed by atoms with Crippen LogP contribution in [0.4, 0.5) is 0 Å². The second-order valence-corrected chi connectivity index (χ2v) is 6.87. The van der Waals surface area contributed by atoms with Crippen molar-refractivity contribution in [3.05, 3.63) is 69.9 Å². The monoisotopic (exact) mass is 366 g/mol. The zero-order chi connectivity index (χ0) is 19.4. The van der Waals surface area contributed by atoms with Gasteiger partial charge in [-0.3, -0.25) is 9.48 Å². The van der Waals surface area contributed by atoms with Gasteiger partial charge in [-0.15, -0.1) is 0 Å². The van der Waals surface area contributed by atoms with E-state index in [-0.39, 0.29) is 5.91 Å². The number of carbonyl (C=O) groups is 1. The van der Waals surface area contributed by atoms with E-state index in [1.807, 2.05) is 50.6 Å². The third kappa shape index (κ3) is 4.45. The van der Waals surface area contributed by atoms with Gasteiger partial charge >= 0.3 is 0 Å². The lowest BCUT2D eigenvalue weighted by molar-refractivity contribution is -0.121. The molecule has 0 spiro atoms. The van der Waals surface area contributed by atoms with Crippen LogP contribution in [-0.2, 0) is 24.3 Å². The molecule has 2 heterocycles. The summed E-state index contributed by atoms with van der Waals surface area (Å²) in [4.78, 5) is 12.3. The lowest BCUT2D eigenvalue weighted by Gasteiger charge is -2.07. The highest BCUT2D eigenvalue weighted by molar-refractivity contribution is 5.76. The molecule has 0 aliphatic rings. The maximum absolute atomic E-state index is 12.3. The number of aryl methyl sites for hydroxylation is 3. The van der Waals surface area contributed by atoms with E-state index in [1.165, 1.54) is 5.56 Å². The van der Waals surface area contributed by atoms with Crippen LogP contribution in [0.1, 0.15) is 46.0 Å². The summed E-state index contributed by atoms with van der Waals surface area (Å²) in [5.41, 5.74) is 6.20. The minimum absolute atomic E-state index is 0.0182. The molecule has 0 fully saturated rings. The van der Waals surface area contributed by atoms with E-state index in [1.54, 1.807) is 0 Å². The molecule has 27 heavy (non-hydrogen) atoms. The Bertz CT molecular complexity index is 906. The fourth-order valence-electron chi connectivity index (χ4n) is 3.27. The summed E-state index contributed by atoms with van der Waals surface area (Å²) in [6.07, 6.45) is 1.05. The molecule has 0 bridgehead atoms. The molecular formula is C21H26N4O2. The Hall–Kier alpha value is -2.89. The van der Waals surface area contributed by atoms with E-state index >= 15 is 0 Å². The predicted molar refractivity (Wildman–Crippen MR) is 103 cm³/mol. The summed E-state index contributed by atoms with van der Waals surface area (Å²) in [7, 11) is 0. The Morgan fingerprint density at radius 3 is 2.48 bits per heavy atom. The standard InChI is InChI=1S/C21H26N4O2/c1-14-20(16(3)25(23-14)13-18-8-6-5-7-9-18)12-22-21(26)11-10-19-15(2)24-27-17(19)4/h5-9H,10-13H2,1-4H3,(H,22,26). The van der Waals surface area contributed by atoms with Gasteiger partial charge in [0.05, 0.1) is 17.9 Å². The molecule has 6 heteroatoms. The van der Waals surface area contributed by atoms with E-state index < -0.39 is 0 Å². The van der Waals surface area contributed by atoms with Crippen LogP contribution >= 0.6 is 0 Å². The van der Waals surface area contributed by atoms with Crippen LogP contribution < -0.4 is 5.32 Å². The summed E-state index contributed by atoms with van der Waals surface area (Å²) in [5, 5.41) is 11.6. The van der Waals surface area contributed by atoms with Crippen molar-refractivity contribution in [2.24, 2.45) is 0 Å². The van der Waals surface area contributed by atoms with Gasteiger partial charge in [-0.2, -0.15) is 5.10 Å². The Kier molecular flexibility index (Phi) is 5.74. The van der Waals surface area contributed by atoms with Crippen molar-refractivity contribution < 1.29 is 9.32 Å². The van der Waals surface area contributed by atoms with Crippen LogP contribution in [-0.4, -0.2) is 20.8 Å². The first-order valence-electron chi connectivity index (χ1n) is 9.21. The molecule has 3 aromatic rings. The van der Waals surface area contributed by atoms with Gasteiger partial charge in [0.25, 0.3) is 0 Å². The van der Waals surface area contributed by atoms with E-state index in [4.69, 9.17) is 4.52 Å². The molecule has 6 nitrogen and oxygen atoms in total. The minimum Gasteiger partial charge on any atom is -0.361 e. The smallest absolute Gasteiger partial charge is 0.220 e. The zero-order valence-electron chi connectivity index (χ0n) is 16.4. The van der Waals surface area contributed by atoms with Crippen molar-refractivity contribution in [3.8, 4) is 0 Å². The van der Waals surface area contributed by atoms with E-state index in [9.17, 15) is 4.79 Å². The van der Waals surface area contributed by atoms with Gasteiger partial charge in [-0.25, -0.2) is 0 Å². The third-order valence-corrected chi connectivity index (χ3v) is 4.95. The normalized spacial score (nSPS) is 11.0. The molecule has 3 rings (SSSR count). The van der Waals surface area contributed by atoms with Gasteiger partial charge < -0.3 is 9.84 Å². The second-order valence-electron chi connectivity index (χ2n) is 6.87. The van der Waals surface area contributed by atoms with Gasteiger partial charge in [0.2, 0.25) is 5.91 Å². The van der Waals surface area contributed by atoms with E-state index in [0.29, 0.717) is 19.4 Å². The van der Waals surface area contributed by atoms with E-state index in [0.717, 1.165) is 40.5 Å². The summed E-state index contributed by atoms with van der Waals surface area (Å²) in [6.45, 7) is 9.03. The Morgan fingerprint density at radius 1 is 1.07 bits per heavy atom. The molecule has 1 N–H and O–H groups in total. The molecule has 0 unspecified atom stereocenters. The molecule has 0 aliphatic heterocycles. The Balaban J connectivity index is 1.58. The Labute approximate surface area is 159 Å². The highest BCUT2D eigenvalue weighted by Gasteiger charge is 2.14. The molecule has 0 atom stereocenters. The highest BCUT2D eigenvalue weighted by atomic mass is 16.5. The van der Waals surface area contributed by atoms with Crippen molar-refractivity contribution in [1.29, 1.82) is 0 Å². The van der Waals surface area contributed by atoms with Crippen LogP contribution in [0.5, 0.6) is 0 Å². The van der Waals surface area contributed by atoms with Crippen LogP contribution in [0.15, 0.2) is 34.9 Å². The van der Waals surface area contributed by atoms with Gasteiger partial charge in [0.1, 0.15) is 5.76 Å². The lowest BCUT2D eigenvalue weighted by atomic mass is 10.1. The zero-order valence-corrected chi connectivity index (χ0v) is 16.4. The maximum atomic E-state index is 12.3. The van der Waals surface area contributed by atoms with E-state index in [2.05, 4.69) is 27.7 Å². The summed E-state index contributed by atoms with van der Waals surface area (Å²) >= 11 is 0. The van der Waals surface area contributed by atoms with Crippen molar-refractivity contribution in [2.45, 2.75) is 53.6 Å².